The van der Waals surface area contributed by atoms with Crippen molar-refractivity contribution in [2.24, 2.45) is 0 Å². The highest BCUT2D eigenvalue weighted by Gasteiger charge is 2.26. The third-order valence-corrected chi connectivity index (χ3v) is 3.60. The van der Waals surface area contributed by atoms with Crippen LogP contribution in [-0.2, 0) is 6.42 Å². The topological polar surface area (TPSA) is 69.6 Å². The van der Waals surface area contributed by atoms with E-state index in [-0.39, 0.29) is 11.6 Å². The van der Waals surface area contributed by atoms with Crippen molar-refractivity contribution in [2.45, 2.75) is 19.4 Å². The lowest BCUT2D eigenvalue weighted by molar-refractivity contribution is 0.0694. The van der Waals surface area contributed by atoms with Crippen LogP contribution in [0.1, 0.15) is 34.8 Å². The summed E-state index contributed by atoms with van der Waals surface area (Å²) >= 11 is 0. The Hall–Kier alpha value is -1.53. The number of piperazine rings is 1. The minimum absolute atomic E-state index is 0.131. The Kier molecular flexibility index (Phi) is 4.11. The van der Waals surface area contributed by atoms with Crippen molar-refractivity contribution in [1.29, 1.82) is 0 Å². The Bertz CT molecular complexity index is 478. The quantitative estimate of drug-likeness (QED) is 0.864. The number of carboxylic acids is 1. The number of carboxylic acid groups (broad SMARTS) is 1. The molecule has 19 heavy (non-hydrogen) atoms. The molecule has 1 fully saturated rings. The second-order valence-electron chi connectivity index (χ2n) is 5.01. The number of aryl methyl sites for hydroxylation is 1. The first kappa shape index (κ1) is 13.9. The molecule has 6 nitrogen and oxygen atoms in total. The van der Waals surface area contributed by atoms with Crippen LogP contribution >= 0.6 is 0 Å². The third-order valence-electron chi connectivity index (χ3n) is 3.60. The second kappa shape index (κ2) is 5.63. The molecule has 1 aliphatic rings. The van der Waals surface area contributed by atoms with Gasteiger partial charge in [0, 0.05) is 25.8 Å². The first-order chi connectivity index (χ1) is 9.02. The summed E-state index contributed by atoms with van der Waals surface area (Å²) in [7, 11) is 4.13. The number of carbonyl (C=O) groups is 1. The molecule has 0 radical (unpaired) electrons. The highest BCUT2D eigenvalue weighted by molar-refractivity contribution is 5.88. The molecule has 0 spiro atoms. The van der Waals surface area contributed by atoms with Gasteiger partial charge >= 0.3 is 5.97 Å². The molecule has 0 aromatic carbocycles. The van der Waals surface area contributed by atoms with Crippen molar-refractivity contribution in [1.82, 2.24) is 19.8 Å². The Morgan fingerprint density at radius 1 is 1.47 bits per heavy atom. The number of aromatic nitrogens is 2. The van der Waals surface area contributed by atoms with Crippen LogP contribution in [0, 0.1) is 0 Å². The van der Waals surface area contributed by atoms with Gasteiger partial charge in [-0.1, -0.05) is 6.92 Å². The van der Waals surface area contributed by atoms with E-state index in [0.29, 0.717) is 12.1 Å². The minimum Gasteiger partial charge on any atom is -0.478 e. The molecule has 0 bridgehead atoms. The summed E-state index contributed by atoms with van der Waals surface area (Å²) in [6.45, 7) is 4.77. The molecule has 1 saturated heterocycles. The van der Waals surface area contributed by atoms with Gasteiger partial charge in [0.05, 0.1) is 17.3 Å². The van der Waals surface area contributed by atoms with Gasteiger partial charge in [-0.3, -0.25) is 4.90 Å². The lowest BCUT2D eigenvalue weighted by atomic mass is 10.1. The van der Waals surface area contributed by atoms with Gasteiger partial charge in [0.1, 0.15) is 5.82 Å². The lowest BCUT2D eigenvalue weighted by Crippen LogP contribution is -2.45. The smallest absolute Gasteiger partial charge is 0.339 e. The average molecular weight is 264 g/mol. The molecule has 1 unspecified atom stereocenters. The van der Waals surface area contributed by atoms with E-state index in [0.717, 1.165) is 25.5 Å². The van der Waals surface area contributed by atoms with Crippen molar-refractivity contribution >= 4 is 5.97 Å². The zero-order valence-electron chi connectivity index (χ0n) is 11.6. The van der Waals surface area contributed by atoms with Crippen LogP contribution in [0.2, 0.25) is 0 Å². The van der Waals surface area contributed by atoms with E-state index in [4.69, 9.17) is 5.11 Å². The molecule has 1 aromatic rings. The molecule has 1 aliphatic heterocycles. The molecule has 6 heteroatoms. The summed E-state index contributed by atoms with van der Waals surface area (Å²) in [5, 5.41) is 9.09. The Morgan fingerprint density at radius 3 is 2.84 bits per heavy atom. The summed E-state index contributed by atoms with van der Waals surface area (Å²) in [4.78, 5) is 24.3. The number of rotatable bonds is 3. The van der Waals surface area contributed by atoms with Gasteiger partial charge in [0.25, 0.3) is 0 Å². The molecule has 2 heterocycles. The van der Waals surface area contributed by atoms with E-state index in [1.54, 1.807) is 0 Å². The molecular formula is C13H20N4O2. The maximum atomic E-state index is 11.1. The van der Waals surface area contributed by atoms with Crippen LogP contribution in [-0.4, -0.2) is 64.6 Å². The highest BCUT2D eigenvalue weighted by atomic mass is 16.4. The predicted molar refractivity (Wildman–Crippen MR) is 71.2 cm³/mol. The molecule has 1 aromatic heterocycles. The fraction of sp³-hybridized carbons (Fsp3) is 0.615. The van der Waals surface area contributed by atoms with Gasteiger partial charge in [0.2, 0.25) is 0 Å². The number of likely N-dealkylation sites (N-methyl/N-ethyl adjacent to an activating group) is 2. The summed E-state index contributed by atoms with van der Waals surface area (Å²) < 4.78 is 0. The fourth-order valence-corrected chi connectivity index (χ4v) is 2.33. The summed E-state index contributed by atoms with van der Waals surface area (Å²) in [6.07, 6.45) is 2.04. The van der Waals surface area contributed by atoms with Gasteiger partial charge in [-0.25, -0.2) is 14.8 Å². The van der Waals surface area contributed by atoms with Crippen molar-refractivity contribution in [3.8, 4) is 0 Å². The molecule has 1 N–H and O–H groups in total. The number of nitrogens with zero attached hydrogens (tertiary/aromatic N) is 4. The van der Waals surface area contributed by atoms with E-state index in [9.17, 15) is 4.79 Å². The largest absolute Gasteiger partial charge is 0.478 e. The number of aromatic carboxylic acids is 1. The van der Waals surface area contributed by atoms with E-state index in [1.807, 2.05) is 6.92 Å². The van der Waals surface area contributed by atoms with Crippen LogP contribution in [0.25, 0.3) is 0 Å². The van der Waals surface area contributed by atoms with Crippen LogP contribution in [0.4, 0.5) is 0 Å². The van der Waals surface area contributed by atoms with Gasteiger partial charge in [0.15, 0.2) is 0 Å². The standard InChI is InChI=1S/C13H20N4O2/c1-4-10-9(13(18)19)7-14-12(15-10)11-8-16(2)5-6-17(11)3/h7,11H,4-6,8H2,1-3H3,(H,18,19). The maximum Gasteiger partial charge on any atom is 0.339 e. The monoisotopic (exact) mass is 264 g/mol. The Morgan fingerprint density at radius 2 is 2.21 bits per heavy atom. The summed E-state index contributed by atoms with van der Waals surface area (Å²) in [5.41, 5.74) is 0.817. The zero-order valence-corrected chi connectivity index (χ0v) is 11.6. The van der Waals surface area contributed by atoms with Gasteiger partial charge < -0.3 is 10.0 Å². The Balaban J connectivity index is 2.32. The van der Waals surface area contributed by atoms with Crippen LogP contribution in [0.5, 0.6) is 0 Å². The first-order valence-electron chi connectivity index (χ1n) is 6.50. The lowest BCUT2D eigenvalue weighted by Gasteiger charge is -2.36. The maximum absolute atomic E-state index is 11.1. The minimum atomic E-state index is -0.961. The van der Waals surface area contributed by atoms with Gasteiger partial charge in [-0.15, -0.1) is 0 Å². The van der Waals surface area contributed by atoms with Crippen molar-refractivity contribution in [3.63, 3.8) is 0 Å². The van der Waals surface area contributed by atoms with E-state index < -0.39 is 5.97 Å². The first-order valence-corrected chi connectivity index (χ1v) is 6.50. The second-order valence-corrected chi connectivity index (χ2v) is 5.01. The van der Waals surface area contributed by atoms with Crippen LogP contribution < -0.4 is 0 Å². The van der Waals surface area contributed by atoms with Gasteiger partial charge in [-0.05, 0) is 20.5 Å². The fourth-order valence-electron chi connectivity index (χ4n) is 2.33. The van der Waals surface area contributed by atoms with Crippen molar-refractivity contribution in [3.05, 3.63) is 23.3 Å². The number of hydrogen-bond acceptors (Lipinski definition) is 5. The van der Waals surface area contributed by atoms with Crippen molar-refractivity contribution in [2.75, 3.05) is 33.7 Å². The summed E-state index contributed by atoms with van der Waals surface area (Å²) in [5.74, 6) is -0.242. The summed E-state index contributed by atoms with van der Waals surface area (Å²) in [6, 6.07) is 0.131. The molecule has 1 atom stereocenters. The molecule has 2 rings (SSSR count). The SMILES string of the molecule is CCc1nc(C2CN(C)CCN2C)ncc1C(=O)O. The van der Waals surface area contributed by atoms with Crippen LogP contribution in [0.3, 0.4) is 0 Å². The third kappa shape index (κ3) is 2.90. The highest BCUT2D eigenvalue weighted by Crippen LogP contribution is 2.21. The molecule has 0 amide bonds. The molecule has 0 aliphatic carbocycles. The molecule has 104 valence electrons. The predicted octanol–water partition coefficient (Wildman–Crippen LogP) is 0.655. The average Bonchev–Trinajstić information content (AvgIpc) is 2.40. The van der Waals surface area contributed by atoms with Crippen molar-refractivity contribution < 1.29 is 9.90 Å². The normalized spacial score (nSPS) is 21.5. The zero-order chi connectivity index (χ0) is 14.0. The molecule has 0 saturated carbocycles. The van der Waals surface area contributed by atoms with E-state index in [2.05, 4.69) is 33.9 Å². The van der Waals surface area contributed by atoms with E-state index >= 15 is 0 Å². The van der Waals surface area contributed by atoms with E-state index in [1.165, 1.54) is 6.20 Å². The Labute approximate surface area is 113 Å². The number of hydrogen-bond donors (Lipinski definition) is 1. The van der Waals surface area contributed by atoms with Gasteiger partial charge in [-0.2, -0.15) is 0 Å². The van der Waals surface area contributed by atoms with Crippen LogP contribution in [0.15, 0.2) is 6.20 Å². The molecular weight excluding hydrogens is 244 g/mol.